The second-order valence-corrected chi connectivity index (χ2v) is 8.15. The summed E-state index contributed by atoms with van der Waals surface area (Å²) in [5.74, 6) is 0.786. The van der Waals surface area contributed by atoms with E-state index in [1.165, 1.54) is 11.1 Å². The molecule has 1 N–H and O–H groups in total. The second-order valence-electron chi connectivity index (χ2n) is 7.10. The second kappa shape index (κ2) is 8.50. The third-order valence-electron chi connectivity index (χ3n) is 5.02. The van der Waals surface area contributed by atoms with Crippen molar-refractivity contribution < 1.29 is 9.53 Å². The summed E-state index contributed by atoms with van der Waals surface area (Å²) < 4.78 is 6.33. The van der Waals surface area contributed by atoms with Gasteiger partial charge in [0.1, 0.15) is 5.75 Å². The van der Waals surface area contributed by atoms with Crippen molar-refractivity contribution in [3.05, 3.63) is 99.9 Å². The fraction of sp³-hybridized carbons (Fsp3) is 0.160. The first-order chi connectivity index (χ1) is 14.1. The van der Waals surface area contributed by atoms with Gasteiger partial charge in [0.2, 0.25) is 0 Å². The summed E-state index contributed by atoms with van der Waals surface area (Å²) in [7, 11) is 1.65. The Labute approximate surface area is 175 Å². The summed E-state index contributed by atoms with van der Waals surface area (Å²) in [6.45, 7) is 2.57. The number of benzene rings is 3. The molecule has 0 saturated carbocycles. The van der Waals surface area contributed by atoms with E-state index < -0.39 is 0 Å². The predicted molar refractivity (Wildman–Crippen MR) is 120 cm³/mol. The average molecular weight is 402 g/mol. The number of carbonyl (C=O) groups is 1. The van der Waals surface area contributed by atoms with Crippen LogP contribution in [0, 0.1) is 6.92 Å². The SMILES string of the molecule is COc1ccc(CNC(=O)c2sc3ccccc3c2Cc2ccc(C)cc2)cc1. The summed E-state index contributed by atoms with van der Waals surface area (Å²) in [6.07, 6.45) is 0.746. The zero-order chi connectivity index (χ0) is 20.2. The molecule has 0 aliphatic rings. The highest BCUT2D eigenvalue weighted by Crippen LogP contribution is 2.33. The van der Waals surface area contributed by atoms with Crippen molar-refractivity contribution >= 4 is 27.3 Å². The van der Waals surface area contributed by atoms with Gasteiger partial charge in [0.15, 0.2) is 0 Å². The Morgan fingerprint density at radius 1 is 0.931 bits per heavy atom. The van der Waals surface area contributed by atoms with Crippen LogP contribution in [0.25, 0.3) is 10.1 Å². The van der Waals surface area contributed by atoms with Crippen LogP contribution in [0.1, 0.15) is 31.9 Å². The largest absolute Gasteiger partial charge is 0.497 e. The summed E-state index contributed by atoms with van der Waals surface area (Å²) in [4.78, 5) is 13.8. The van der Waals surface area contributed by atoms with Gasteiger partial charge in [0.25, 0.3) is 5.91 Å². The van der Waals surface area contributed by atoms with Crippen molar-refractivity contribution in [1.82, 2.24) is 5.32 Å². The van der Waals surface area contributed by atoms with Gasteiger partial charge in [-0.25, -0.2) is 0 Å². The van der Waals surface area contributed by atoms with Crippen molar-refractivity contribution in [1.29, 1.82) is 0 Å². The molecule has 0 unspecified atom stereocenters. The number of rotatable bonds is 6. The lowest BCUT2D eigenvalue weighted by atomic mass is 10.0. The van der Waals surface area contributed by atoms with Crippen LogP contribution in [0.3, 0.4) is 0 Å². The molecule has 0 aliphatic heterocycles. The molecule has 4 heteroatoms. The van der Waals surface area contributed by atoms with Gasteiger partial charge >= 0.3 is 0 Å². The lowest BCUT2D eigenvalue weighted by Gasteiger charge is -2.08. The molecule has 0 saturated heterocycles. The van der Waals surface area contributed by atoms with Crippen LogP contribution in [0.5, 0.6) is 5.75 Å². The number of aryl methyl sites for hydroxylation is 1. The average Bonchev–Trinajstić information content (AvgIpc) is 3.12. The molecule has 29 heavy (non-hydrogen) atoms. The molecule has 3 aromatic carbocycles. The molecular formula is C25H23NO2S. The third-order valence-corrected chi connectivity index (χ3v) is 6.23. The fourth-order valence-corrected chi connectivity index (χ4v) is 4.51. The van der Waals surface area contributed by atoms with Crippen molar-refractivity contribution in [2.75, 3.05) is 7.11 Å². The van der Waals surface area contributed by atoms with E-state index in [1.807, 2.05) is 36.4 Å². The van der Waals surface area contributed by atoms with E-state index in [2.05, 4.69) is 48.6 Å². The van der Waals surface area contributed by atoms with Gasteiger partial charge in [-0.15, -0.1) is 11.3 Å². The molecule has 0 fully saturated rings. The number of methoxy groups -OCH3 is 1. The third kappa shape index (κ3) is 4.33. The Morgan fingerprint density at radius 3 is 2.34 bits per heavy atom. The number of thiophene rings is 1. The molecule has 146 valence electrons. The van der Waals surface area contributed by atoms with E-state index in [1.54, 1.807) is 18.4 Å². The van der Waals surface area contributed by atoms with Crippen LogP contribution in [0.4, 0.5) is 0 Å². The zero-order valence-corrected chi connectivity index (χ0v) is 17.4. The van der Waals surface area contributed by atoms with E-state index in [4.69, 9.17) is 4.74 Å². The molecule has 0 radical (unpaired) electrons. The van der Waals surface area contributed by atoms with Gasteiger partial charge in [0.05, 0.1) is 12.0 Å². The van der Waals surface area contributed by atoms with E-state index >= 15 is 0 Å². The first-order valence-corrected chi connectivity index (χ1v) is 10.4. The van der Waals surface area contributed by atoms with Crippen molar-refractivity contribution in [2.45, 2.75) is 19.9 Å². The molecule has 1 aromatic heterocycles. The van der Waals surface area contributed by atoms with Gasteiger partial charge in [0, 0.05) is 11.2 Å². The Bertz CT molecular complexity index is 1130. The van der Waals surface area contributed by atoms with Crippen molar-refractivity contribution in [2.24, 2.45) is 0 Å². The van der Waals surface area contributed by atoms with Crippen LogP contribution in [0.2, 0.25) is 0 Å². The number of ether oxygens (including phenoxy) is 1. The first-order valence-electron chi connectivity index (χ1n) is 9.61. The summed E-state index contributed by atoms with van der Waals surface area (Å²) in [5, 5.41) is 4.24. The lowest BCUT2D eigenvalue weighted by molar-refractivity contribution is 0.0954. The Kier molecular flexibility index (Phi) is 5.63. The smallest absolute Gasteiger partial charge is 0.261 e. The molecular weight excluding hydrogens is 378 g/mol. The fourth-order valence-electron chi connectivity index (χ4n) is 3.37. The summed E-state index contributed by atoms with van der Waals surface area (Å²) in [6, 6.07) is 24.5. The molecule has 0 spiro atoms. The maximum Gasteiger partial charge on any atom is 0.261 e. The summed E-state index contributed by atoms with van der Waals surface area (Å²) >= 11 is 1.56. The molecule has 0 bridgehead atoms. The number of hydrogen-bond acceptors (Lipinski definition) is 3. The van der Waals surface area contributed by atoms with Crippen LogP contribution < -0.4 is 10.1 Å². The van der Waals surface area contributed by atoms with Crippen LogP contribution >= 0.6 is 11.3 Å². The Hall–Kier alpha value is -3.11. The van der Waals surface area contributed by atoms with Crippen LogP contribution in [0.15, 0.2) is 72.8 Å². The molecule has 4 aromatic rings. The molecule has 4 rings (SSSR count). The maximum atomic E-state index is 13.1. The topological polar surface area (TPSA) is 38.3 Å². The van der Waals surface area contributed by atoms with Crippen LogP contribution in [-0.4, -0.2) is 13.0 Å². The Morgan fingerprint density at radius 2 is 1.62 bits per heavy atom. The maximum absolute atomic E-state index is 13.1. The zero-order valence-electron chi connectivity index (χ0n) is 16.6. The molecule has 0 aliphatic carbocycles. The number of carbonyl (C=O) groups excluding carboxylic acids is 1. The van der Waals surface area contributed by atoms with Crippen molar-refractivity contribution in [3.63, 3.8) is 0 Å². The normalized spacial score (nSPS) is 10.8. The van der Waals surface area contributed by atoms with Crippen LogP contribution in [-0.2, 0) is 13.0 Å². The summed E-state index contributed by atoms with van der Waals surface area (Å²) in [5.41, 5.74) is 4.59. The highest BCUT2D eigenvalue weighted by Gasteiger charge is 2.18. The minimum atomic E-state index is -0.0240. The highest BCUT2D eigenvalue weighted by molar-refractivity contribution is 7.21. The van der Waals surface area contributed by atoms with E-state index in [0.717, 1.165) is 38.3 Å². The van der Waals surface area contributed by atoms with E-state index in [-0.39, 0.29) is 5.91 Å². The lowest BCUT2D eigenvalue weighted by Crippen LogP contribution is -2.22. The van der Waals surface area contributed by atoms with Crippen molar-refractivity contribution in [3.8, 4) is 5.75 Å². The molecule has 3 nitrogen and oxygen atoms in total. The standard InChI is InChI=1S/C25H23NO2S/c1-17-7-9-18(10-8-17)15-22-21-5-3-4-6-23(21)29-24(22)25(27)26-16-19-11-13-20(28-2)14-12-19/h3-14H,15-16H2,1-2H3,(H,26,27). The molecule has 1 heterocycles. The minimum Gasteiger partial charge on any atom is -0.497 e. The number of nitrogens with one attached hydrogen (secondary N) is 1. The van der Waals surface area contributed by atoms with Gasteiger partial charge in [-0.2, -0.15) is 0 Å². The molecule has 1 amide bonds. The number of fused-ring (bicyclic) bond motifs is 1. The van der Waals surface area contributed by atoms with Gasteiger partial charge in [-0.1, -0.05) is 60.2 Å². The quantitative estimate of drug-likeness (QED) is 0.447. The van der Waals surface area contributed by atoms with E-state index in [9.17, 15) is 4.79 Å². The van der Waals surface area contributed by atoms with Gasteiger partial charge in [-0.05, 0) is 53.6 Å². The number of amides is 1. The van der Waals surface area contributed by atoms with Gasteiger partial charge < -0.3 is 10.1 Å². The number of hydrogen-bond donors (Lipinski definition) is 1. The minimum absolute atomic E-state index is 0.0240. The highest BCUT2D eigenvalue weighted by atomic mass is 32.1. The Balaban J connectivity index is 1.59. The monoisotopic (exact) mass is 401 g/mol. The molecule has 0 atom stereocenters. The first kappa shape index (κ1) is 19.2. The predicted octanol–water partition coefficient (Wildman–Crippen LogP) is 5.74. The van der Waals surface area contributed by atoms with E-state index in [0.29, 0.717) is 6.54 Å². The van der Waals surface area contributed by atoms with Gasteiger partial charge in [-0.3, -0.25) is 4.79 Å².